The summed E-state index contributed by atoms with van der Waals surface area (Å²) in [6.45, 7) is 3.64. The Bertz CT molecular complexity index is 125. The second-order valence-electron chi connectivity index (χ2n) is 4.03. The molecule has 0 aromatic heterocycles. The smallest absolute Gasteiger partial charge is 0.0108 e. The molecule has 10 heavy (non-hydrogen) atoms. The van der Waals surface area contributed by atoms with Crippen molar-refractivity contribution in [2.75, 3.05) is 6.54 Å². The van der Waals surface area contributed by atoms with Crippen molar-refractivity contribution in [3.63, 3.8) is 0 Å². The van der Waals surface area contributed by atoms with Gasteiger partial charge in [-0.05, 0) is 25.2 Å². The molecule has 0 bridgehead atoms. The highest BCUT2D eigenvalue weighted by Gasteiger charge is 2.43. The van der Waals surface area contributed by atoms with Gasteiger partial charge in [0.1, 0.15) is 0 Å². The van der Waals surface area contributed by atoms with E-state index in [9.17, 15) is 0 Å². The highest BCUT2D eigenvalue weighted by Crippen LogP contribution is 2.43. The Balaban J connectivity index is 1.99. The molecule has 2 aliphatic rings. The first kappa shape index (κ1) is 6.66. The van der Waals surface area contributed by atoms with Crippen LogP contribution in [0.25, 0.3) is 0 Å². The minimum Gasteiger partial charge on any atom is -0.313 e. The van der Waals surface area contributed by atoms with Gasteiger partial charge in [-0.25, -0.2) is 0 Å². The molecule has 0 aromatic carbocycles. The summed E-state index contributed by atoms with van der Waals surface area (Å²) < 4.78 is 0. The third-order valence-electron chi connectivity index (χ3n) is 3.53. The van der Waals surface area contributed by atoms with Crippen molar-refractivity contribution in [1.29, 1.82) is 0 Å². The molecule has 2 rings (SSSR count). The topological polar surface area (TPSA) is 12.0 Å². The normalized spacial score (nSPS) is 37.5. The summed E-state index contributed by atoms with van der Waals surface area (Å²) >= 11 is 0. The van der Waals surface area contributed by atoms with Gasteiger partial charge in [0, 0.05) is 12.6 Å². The highest BCUT2D eigenvalue weighted by atomic mass is 15.0. The molecule has 1 saturated heterocycles. The monoisotopic (exact) mass is 139 g/mol. The molecule has 1 nitrogen and oxygen atoms in total. The molecule has 1 saturated carbocycles. The summed E-state index contributed by atoms with van der Waals surface area (Å²) in [5.41, 5.74) is 0.748. The van der Waals surface area contributed by atoms with Gasteiger partial charge in [0.25, 0.3) is 0 Å². The van der Waals surface area contributed by atoms with Crippen molar-refractivity contribution in [3.05, 3.63) is 0 Å². The van der Waals surface area contributed by atoms with Crippen LogP contribution < -0.4 is 5.32 Å². The van der Waals surface area contributed by atoms with Gasteiger partial charge in [-0.3, -0.25) is 0 Å². The highest BCUT2D eigenvalue weighted by molar-refractivity contribution is 5.00. The van der Waals surface area contributed by atoms with Crippen LogP contribution in [-0.2, 0) is 0 Å². The van der Waals surface area contributed by atoms with E-state index < -0.39 is 0 Å². The van der Waals surface area contributed by atoms with Crippen LogP contribution in [-0.4, -0.2) is 12.6 Å². The summed E-state index contributed by atoms with van der Waals surface area (Å²) in [7, 11) is 0. The Morgan fingerprint density at radius 2 is 1.90 bits per heavy atom. The second kappa shape index (κ2) is 2.23. The molecule has 0 amide bonds. The molecule has 58 valence electrons. The Morgan fingerprint density at radius 1 is 1.20 bits per heavy atom. The maximum absolute atomic E-state index is 3.47. The van der Waals surface area contributed by atoms with Gasteiger partial charge in [-0.1, -0.05) is 19.3 Å². The Labute approximate surface area is 63.2 Å². The van der Waals surface area contributed by atoms with Crippen molar-refractivity contribution in [2.24, 2.45) is 5.41 Å². The lowest BCUT2D eigenvalue weighted by Crippen LogP contribution is -2.61. The van der Waals surface area contributed by atoms with E-state index in [0.717, 1.165) is 11.5 Å². The molecule has 1 heterocycles. The van der Waals surface area contributed by atoms with E-state index in [4.69, 9.17) is 0 Å². The Kier molecular flexibility index (Phi) is 1.48. The number of hydrogen-bond donors (Lipinski definition) is 1. The lowest BCUT2D eigenvalue weighted by atomic mass is 9.65. The van der Waals surface area contributed by atoms with Crippen LogP contribution in [0, 0.1) is 5.41 Å². The lowest BCUT2D eigenvalue weighted by molar-refractivity contribution is 0.0478. The van der Waals surface area contributed by atoms with Gasteiger partial charge < -0.3 is 5.32 Å². The van der Waals surface area contributed by atoms with Crippen LogP contribution in [0.15, 0.2) is 0 Å². The molecule has 1 atom stereocenters. The van der Waals surface area contributed by atoms with Gasteiger partial charge in [-0.2, -0.15) is 0 Å². The largest absolute Gasteiger partial charge is 0.313 e. The molecule has 0 radical (unpaired) electrons. The fourth-order valence-electron chi connectivity index (χ4n) is 2.46. The standard InChI is InChI=1S/C9H17N/c1-8-9(7-10-8)5-3-2-4-6-9/h8,10H,2-7H2,1H3. The molecule has 2 fully saturated rings. The van der Waals surface area contributed by atoms with Crippen LogP contribution in [0.4, 0.5) is 0 Å². The summed E-state index contributed by atoms with van der Waals surface area (Å²) in [4.78, 5) is 0. The quantitative estimate of drug-likeness (QED) is 0.540. The van der Waals surface area contributed by atoms with Crippen molar-refractivity contribution in [2.45, 2.75) is 45.1 Å². The van der Waals surface area contributed by atoms with Crippen LogP contribution in [0.5, 0.6) is 0 Å². The van der Waals surface area contributed by atoms with E-state index in [2.05, 4.69) is 12.2 Å². The van der Waals surface area contributed by atoms with Crippen molar-refractivity contribution in [1.82, 2.24) is 5.32 Å². The second-order valence-corrected chi connectivity index (χ2v) is 4.03. The molecule has 1 unspecified atom stereocenters. The lowest BCUT2D eigenvalue weighted by Gasteiger charge is -2.51. The molecule has 1 N–H and O–H groups in total. The molecule has 0 aromatic rings. The van der Waals surface area contributed by atoms with Crippen molar-refractivity contribution in [3.8, 4) is 0 Å². The first-order chi connectivity index (χ1) is 4.83. The minimum absolute atomic E-state index is 0.748. The molecular formula is C9H17N. The van der Waals surface area contributed by atoms with Crippen LogP contribution >= 0.6 is 0 Å². The average Bonchev–Trinajstić information content (AvgIpc) is 2.04. The maximum atomic E-state index is 3.47. The third kappa shape index (κ3) is 0.800. The van der Waals surface area contributed by atoms with Crippen LogP contribution in [0.1, 0.15) is 39.0 Å². The van der Waals surface area contributed by atoms with E-state index in [1.54, 1.807) is 0 Å². The maximum Gasteiger partial charge on any atom is 0.0108 e. The zero-order chi connectivity index (χ0) is 7.03. The predicted octanol–water partition coefficient (Wildman–Crippen LogP) is 1.93. The fourth-order valence-corrected chi connectivity index (χ4v) is 2.46. The summed E-state index contributed by atoms with van der Waals surface area (Å²) in [5, 5.41) is 3.47. The Morgan fingerprint density at radius 3 is 2.20 bits per heavy atom. The first-order valence-corrected chi connectivity index (χ1v) is 4.57. The molecule has 1 spiro atoms. The molecule has 1 aliphatic carbocycles. The fraction of sp³-hybridized carbons (Fsp3) is 1.00. The summed E-state index contributed by atoms with van der Waals surface area (Å²) in [6, 6.07) is 0.813. The van der Waals surface area contributed by atoms with E-state index in [1.165, 1.54) is 38.6 Å². The van der Waals surface area contributed by atoms with Crippen LogP contribution in [0.3, 0.4) is 0 Å². The van der Waals surface area contributed by atoms with E-state index in [0.29, 0.717) is 0 Å². The number of nitrogens with one attached hydrogen (secondary N) is 1. The van der Waals surface area contributed by atoms with E-state index in [-0.39, 0.29) is 0 Å². The minimum atomic E-state index is 0.748. The van der Waals surface area contributed by atoms with Crippen molar-refractivity contribution >= 4 is 0 Å². The predicted molar refractivity (Wildman–Crippen MR) is 43.0 cm³/mol. The van der Waals surface area contributed by atoms with Gasteiger partial charge in [0.2, 0.25) is 0 Å². The zero-order valence-corrected chi connectivity index (χ0v) is 6.82. The van der Waals surface area contributed by atoms with E-state index in [1.807, 2.05) is 0 Å². The molecular weight excluding hydrogens is 122 g/mol. The molecule has 1 aliphatic heterocycles. The third-order valence-corrected chi connectivity index (χ3v) is 3.53. The van der Waals surface area contributed by atoms with Gasteiger partial charge in [0.15, 0.2) is 0 Å². The SMILES string of the molecule is CC1NCC12CCCCC2. The number of hydrogen-bond acceptors (Lipinski definition) is 1. The van der Waals surface area contributed by atoms with Gasteiger partial charge in [-0.15, -0.1) is 0 Å². The average molecular weight is 139 g/mol. The summed E-state index contributed by atoms with van der Waals surface area (Å²) in [5.74, 6) is 0. The Hall–Kier alpha value is -0.0400. The number of rotatable bonds is 0. The van der Waals surface area contributed by atoms with Crippen LogP contribution in [0.2, 0.25) is 0 Å². The first-order valence-electron chi connectivity index (χ1n) is 4.57. The zero-order valence-electron chi connectivity index (χ0n) is 6.82. The van der Waals surface area contributed by atoms with Gasteiger partial charge in [0.05, 0.1) is 0 Å². The van der Waals surface area contributed by atoms with Crippen molar-refractivity contribution < 1.29 is 0 Å². The van der Waals surface area contributed by atoms with Gasteiger partial charge >= 0.3 is 0 Å². The summed E-state index contributed by atoms with van der Waals surface area (Å²) in [6.07, 6.45) is 7.41. The van der Waals surface area contributed by atoms with E-state index >= 15 is 0 Å². The molecule has 1 heteroatoms.